The first-order chi connectivity index (χ1) is 7.97. The van der Waals surface area contributed by atoms with Crippen LogP contribution in [0.25, 0.3) is 0 Å². The summed E-state index contributed by atoms with van der Waals surface area (Å²) in [5.41, 5.74) is 1.87. The van der Waals surface area contributed by atoms with Crippen molar-refractivity contribution in [2.24, 2.45) is 0 Å². The lowest BCUT2D eigenvalue weighted by Crippen LogP contribution is -2.69. The Kier molecular flexibility index (Phi) is 3.02. The molecule has 3 nitrogen and oxygen atoms in total. The molecule has 1 aliphatic heterocycles. The van der Waals surface area contributed by atoms with Crippen LogP contribution in [0.3, 0.4) is 0 Å². The van der Waals surface area contributed by atoms with E-state index < -0.39 is 11.4 Å². The van der Waals surface area contributed by atoms with Crippen molar-refractivity contribution in [1.29, 1.82) is 0 Å². The standard InChI is InChI=1S/C14H20O3/c1-10-6-8-11(9-7-10)12-14(15-4,16-5)13(2,3)17-12/h6-9,12H,1-5H3. The van der Waals surface area contributed by atoms with Gasteiger partial charge in [0, 0.05) is 14.2 Å². The average Bonchev–Trinajstić information content (AvgIpc) is 2.29. The van der Waals surface area contributed by atoms with Gasteiger partial charge in [0.2, 0.25) is 5.79 Å². The quantitative estimate of drug-likeness (QED) is 0.755. The molecule has 17 heavy (non-hydrogen) atoms. The lowest BCUT2D eigenvalue weighted by atomic mass is 9.81. The van der Waals surface area contributed by atoms with E-state index in [0.29, 0.717) is 0 Å². The molecule has 1 unspecified atom stereocenters. The van der Waals surface area contributed by atoms with Gasteiger partial charge in [0.15, 0.2) is 0 Å². The summed E-state index contributed by atoms with van der Waals surface area (Å²) in [4.78, 5) is 0. The van der Waals surface area contributed by atoms with Crippen LogP contribution >= 0.6 is 0 Å². The summed E-state index contributed by atoms with van der Waals surface area (Å²) in [6.07, 6.45) is -0.173. The predicted molar refractivity (Wildman–Crippen MR) is 65.8 cm³/mol. The van der Waals surface area contributed by atoms with Crippen LogP contribution in [-0.4, -0.2) is 25.6 Å². The maximum atomic E-state index is 5.90. The van der Waals surface area contributed by atoms with E-state index in [9.17, 15) is 0 Å². The maximum absolute atomic E-state index is 5.90. The van der Waals surface area contributed by atoms with Gasteiger partial charge in [-0.25, -0.2) is 0 Å². The van der Waals surface area contributed by atoms with Crippen LogP contribution in [0.2, 0.25) is 0 Å². The lowest BCUT2D eigenvalue weighted by molar-refractivity contribution is -0.442. The molecule has 1 aromatic carbocycles. The third-order valence-electron chi connectivity index (χ3n) is 3.58. The summed E-state index contributed by atoms with van der Waals surface area (Å²) in [5, 5.41) is 0. The van der Waals surface area contributed by atoms with Crippen LogP contribution in [0.4, 0.5) is 0 Å². The van der Waals surface area contributed by atoms with Gasteiger partial charge >= 0.3 is 0 Å². The van der Waals surface area contributed by atoms with Gasteiger partial charge in [-0.15, -0.1) is 0 Å². The minimum Gasteiger partial charge on any atom is -0.356 e. The highest BCUT2D eigenvalue weighted by molar-refractivity contribution is 5.28. The highest BCUT2D eigenvalue weighted by Crippen LogP contribution is 2.54. The number of aryl methyl sites for hydroxylation is 1. The van der Waals surface area contributed by atoms with Gasteiger partial charge in [-0.3, -0.25) is 0 Å². The second-order valence-corrected chi connectivity index (χ2v) is 4.99. The Labute approximate surface area is 103 Å². The maximum Gasteiger partial charge on any atom is 0.228 e. The van der Waals surface area contributed by atoms with Crippen LogP contribution in [0.1, 0.15) is 31.1 Å². The summed E-state index contributed by atoms with van der Waals surface area (Å²) in [7, 11) is 3.32. The minimum absolute atomic E-state index is 0.173. The first kappa shape index (κ1) is 12.6. The number of ether oxygens (including phenoxy) is 3. The summed E-state index contributed by atoms with van der Waals surface area (Å²) < 4.78 is 17.1. The van der Waals surface area contributed by atoms with E-state index in [-0.39, 0.29) is 6.10 Å². The Morgan fingerprint density at radius 3 is 2.00 bits per heavy atom. The first-order valence-electron chi connectivity index (χ1n) is 5.81. The van der Waals surface area contributed by atoms with Crippen molar-refractivity contribution in [2.45, 2.75) is 38.3 Å². The van der Waals surface area contributed by atoms with Gasteiger partial charge in [-0.2, -0.15) is 0 Å². The van der Waals surface area contributed by atoms with Crippen LogP contribution in [0, 0.1) is 6.92 Å². The van der Waals surface area contributed by atoms with Crippen molar-refractivity contribution in [3.63, 3.8) is 0 Å². The molecular weight excluding hydrogens is 216 g/mol. The van der Waals surface area contributed by atoms with Crippen LogP contribution in [0.15, 0.2) is 24.3 Å². The number of rotatable bonds is 3. The van der Waals surface area contributed by atoms with Gasteiger partial charge in [0.05, 0.1) is 0 Å². The molecule has 0 amide bonds. The highest BCUT2D eigenvalue weighted by atomic mass is 16.8. The molecule has 94 valence electrons. The largest absolute Gasteiger partial charge is 0.356 e. The molecule has 2 rings (SSSR count). The van der Waals surface area contributed by atoms with E-state index in [1.54, 1.807) is 14.2 Å². The lowest BCUT2D eigenvalue weighted by Gasteiger charge is -2.58. The van der Waals surface area contributed by atoms with Crippen molar-refractivity contribution in [1.82, 2.24) is 0 Å². The third-order valence-corrected chi connectivity index (χ3v) is 3.58. The third kappa shape index (κ3) is 1.69. The molecule has 1 saturated heterocycles. The summed E-state index contributed by atoms with van der Waals surface area (Å²) in [6.45, 7) is 6.02. The Morgan fingerprint density at radius 2 is 1.59 bits per heavy atom. The molecule has 1 atom stereocenters. The monoisotopic (exact) mass is 236 g/mol. The van der Waals surface area contributed by atoms with E-state index in [4.69, 9.17) is 14.2 Å². The Morgan fingerprint density at radius 1 is 1.06 bits per heavy atom. The molecule has 1 aliphatic rings. The Hall–Kier alpha value is -0.900. The molecule has 0 bridgehead atoms. The zero-order chi connectivity index (χ0) is 12.7. The van der Waals surface area contributed by atoms with Crippen LogP contribution in [0.5, 0.6) is 0 Å². The molecule has 0 saturated carbocycles. The normalized spacial score (nSPS) is 25.4. The second-order valence-electron chi connectivity index (χ2n) is 4.99. The molecular formula is C14H20O3. The van der Waals surface area contributed by atoms with Crippen molar-refractivity contribution in [3.8, 4) is 0 Å². The highest BCUT2D eigenvalue weighted by Gasteiger charge is 2.64. The molecule has 0 N–H and O–H groups in total. The Bertz CT molecular complexity index is 390. The first-order valence-corrected chi connectivity index (χ1v) is 5.81. The van der Waals surface area contributed by atoms with Gasteiger partial charge < -0.3 is 14.2 Å². The fourth-order valence-electron chi connectivity index (χ4n) is 2.53. The molecule has 1 heterocycles. The molecule has 1 aromatic rings. The van der Waals surface area contributed by atoms with Crippen molar-refractivity contribution in [3.05, 3.63) is 35.4 Å². The number of methoxy groups -OCH3 is 2. The van der Waals surface area contributed by atoms with Gasteiger partial charge in [-0.1, -0.05) is 29.8 Å². The molecule has 0 spiro atoms. The van der Waals surface area contributed by atoms with E-state index in [2.05, 4.69) is 31.2 Å². The Balaban J connectivity index is 2.32. The van der Waals surface area contributed by atoms with Crippen LogP contribution in [-0.2, 0) is 14.2 Å². The van der Waals surface area contributed by atoms with Gasteiger partial charge in [-0.05, 0) is 26.3 Å². The molecule has 0 aromatic heterocycles. The predicted octanol–water partition coefficient (Wildman–Crippen LogP) is 2.83. The van der Waals surface area contributed by atoms with Crippen molar-refractivity contribution >= 4 is 0 Å². The van der Waals surface area contributed by atoms with Crippen molar-refractivity contribution < 1.29 is 14.2 Å². The zero-order valence-corrected chi connectivity index (χ0v) is 11.1. The number of hydrogen-bond donors (Lipinski definition) is 0. The van der Waals surface area contributed by atoms with E-state index in [0.717, 1.165) is 5.56 Å². The van der Waals surface area contributed by atoms with E-state index >= 15 is 0 Å². The second kappa shape index (κ2) is 4.09. The fraction of sp³-hybridized carbons (Fsp3) is 0.571. The fourth-order valence-corrected chi connectivity index (χ4v) is 2.53. The summed E-state index contributed by atoms with van der Waals surface area (Å²) >= 11 is 0. The average molecular weight is 236 g/mol. The topological polar surface area (TPSA) is 27.7 Å². The zero-order valence-electron chi connectivity index (χ0n) is 11.1. The summed E-state index contributed by atoms with van der Waals surface area (Å²) in [5.74, 6) is -0.706. The molecule has 0 radical (unpaired) electrons. The number of benzene rings is 1. The molecule has 3 heteroatoms. The molecule has 0 aliphatic carbocycles. The van der Waals surface area contributed by atoms with Gasteiger partial charge in [0.1, 0.15) is 11.7 Å². The smallest absolute Gasteiger partial charge is 0.228 e. The number of hydrogen-bond acceptors (Lipinski definition) is 3. The van der Waals surface area contributed by atoms with Crippen molar-refractivity contribution in [2.75, 3.05) is 14.2 Å². The minimum atomic E-state index is -0.706. The van der Waals surface area contributed by atoms with Gasteiger partial charge in [0.25, 0.3) is 0 Å². The summed E-state index contributed by atoms with van der Waals surface area (Å²) in [6, 6.07) is 8.25. The van der Waals surface area contributed by atoms with E-state index in [1.807, 2.05) is 13.8 Å². The van der Waals surface area contributed by atoms with E-state index in [1.165, 1.54) is 5.56 Å². The SMILES string of the molecule is COC1(OC)C(c2ccc(C)cc2)OC1(C)C. The van der Waals surface area contributed by atoms with Crippen LogP contribution < -0.4 is 0 Å². The molecule has 1 fully saturated rings.